The Bertz CT molecular complexity index is 1180. The zero-order valence-corrected chi connectivity index (χ0v) is 16.1. The zero-order valence-electron chi connectivity index (χ0n) is 16.1. The summed E-state index contributed by atoms with van der Waals surface area (Å²) in [5, 5.41) is 4.60. The van der Waals surface area contributed by atoms with Crippen LogP contribution in [0, 0.1) is 0 Å². The van der Waals surface area contributed by atoms with Crippen molar-refractivity contribution in [2.45, 2.75) is 18.3 Å². The first kappa shape index (κ1) is 16.7. The Kier molecular flexibility index (Phi) is 3.67. The minimum atomic E-state index is 0.145. The molecular formula is C23H22N6. The molecule has 2 N–H and O–H groups in total. The van der Waals surface area contributed by atoms with E-state index in [1.807, 2.05) is 24.7 Å². The Balaban J connectivity index is 1.53. The van der Waals surface area contributed by atoms with E-state index in [9.17, 15) is 0 Å². The van der Waals surface area contributed by atoms with Crippen molar-refractivity contribution in [3.63, 3.8) is 0 Å². The molecule has 6 nitrogen and oxygen atoms in total. The van der Waals surface area contributed by atoms with Gasteiger partial charge < -0.3 is 15.2 Å². The highest BCUT2D eigenvalue weighted by molar-refractivity contribution is 5.91. The Labute approximate surface area is 169 Å². The van der Waals surface area contributed by atoms with Gasteiger partial charge in [0.25, 0.3) is 0 Å². The van der Waals surface area contributed by atoms with Gasteiger partial charge in [-0.25, -0.2) is 9.97 Å². The number of fused-ring (bicyclic) bond motifs is 3. The van der Waals surface area contributed by atoms with Crippen molar-refractivity contribution in [3.8, 4) is 11.1 Å². The zero-order chi connectivity index (χ0) is 19.3. The number of aromatic nitrogens is 4. The van der Waals surface area contributed by atoms with E-state index in [2.05, 4.69) is 60.5 Å². The Morgan fingerprint density at radius 3 is 2.79 bits per heavy atom. The molecule has 1 fully saturated rings. The maximum absolute atomic E-state index is 4.69. The minimum Gasteiger partial charge on any atom is -0.346 e. The van der Waals surface area contributed by atoms with Gasteiger partial charge >= 0.3 is 0 Å². The molecule has 1 aromatic carbocycles. The van der Waals surface area contributed by atoms with Crippen LogP contribution >= 0.6 is 0 Å². The van der Waals surface area contributed by atoms with Gasteiger partial charge in [0, 0.05) is 36.2 Å². The van der Waals surface area contributed by atoms with Crippen LogP contribution in [0.4, 0.5) is 11.5 Å². The molecule has 0 atom stereocenters. The number of rotatable bonds is 2. The van der Waals surface area contributed by atoms with Gasteiger partial charge in [0.1, 0.15) is 17.8 Å². The highest BCUT2D eigenvalue weighted by Gasteiger charge is 2.44. The summed E-state index contributed by atoms with van der Waals surface area (Å²) in [6.45, 7) is 3.05. The smallest absolute Gasteiger partial charge is 0.145 e. The molecule has 4 aromatic rings. The fourth-order valence-corrected chi connectivity index (χ4v) is 4.98. The normalized spacial score (nSPS) is 17.7. The van der Waals surface area contributed by atoms with Crippen molar-refractivity contribution < 1.29 is 0 Å². The fourth-order valence-electron chi connectivity index (χ4n) is 4.98. The standard InChI is InChI=1S/C23H22N6/c1-2-17(13-25-8-1)16-3-4-20-19(12-16)23(6-10-24-11-7-23)14-29(20)22-18-5-9-26-21(18)27-15-28-22/h1-5,8-9,12-13,15,24H,6-7,10-11,14H2,(H,26,27,28). The van der Waals surface area contributed by atoms with Crippen LogP contribution < -0.4 is 10.2 Å². The largest absolute Gasteiger partial charge is 0.346 e. The van der Waals surface area contributed by atoms with Gasteiger partial charge in [0.05, 0.1) is 5.39 Å². The molecule has 0 amide bonds. The molecule has 0 aliphatic carbocycles. The number of nitrogens with one attached hydrogen (secondary N) is 2. The lowest BCUT2D eigenvalue weighted by atomic mass is 9.74. The number of piperidine rings is 1. The summed E-state index contributed by atoms with van der Waals surface area (Å²) < 4.78 is 0. The second-order valence-corrected chi connectivity index (χ2v) is 8.03. The SMILES string of the molecule is c1cncc(-c2ccc3c(c2)C2(CCNCC2)CN3c2ncnc3[nH]ccc23)c1. The lowest BCUT2D eigenvalue weighted by molar-refractivity contribution is 0.329. The van der Waals surface area contributed by atoms with E-state index in [1.54, 1.807) is 6.33 Å². The highest BCUT2D eigenvalue weighted by Crippen LogP contribution is 2.50. The summed E-state index contributed by atoms with van der Waals surface area (Å²) >= 11 is 0. The number of aromatic amines is 1. The Hall–Kier alpha value is -3.25. The average molecular weight is 382 g/mol. The molecule has 2 aliphatic heterocycles. The van der Waals surface area contributed by atoms with Crippen LogP contribution in [0.5, 0.6) is 0 Å². The monoisotopic (exact) mass is 382 g/mol. The second-order valence-electron chi connectivity index (χ2n) is 8.03. The quantitative estimate of drug-likeness (QED) is 0.552. The van der Waals surface area contributed by atoms with E-state index in [4.69, 9.17) is 0 Å². The molecular weight excluding hydrogens is 360 g/mol. The second kappa shape index (κ2) is 6.39. The Morgan fingerprint density at radius 1 is 1.00 bits per heavy atom. The summed E-state index contributed by atoms with van der Waals surface area (Å²) in [5.41, 5.74) is 6.11. The lowest BCUT2D eigenvalue weighted by Crippen LogP contribution is -2.42. The van der Waals surface area contributed by atoms with Crippen LogP contribution in [0.3, 0.4) is 0 Å². The summed E-state index contributed by atoms with van der Waals surface area (Å²) in [4.78, 5) is 19.0. The van der Waals surface area contributed by atoms with Crippen molar-refractivity contribution in [1.29, 1.82) is 0 Å². The van der Waals surface area contributed by atoms with Gasteiger partial charge in [-0.2, -0.15) is 0 Å². The van der Waals surface area contributed by atoms with Gasteiger partial charge in [-0.05, 0) is 66.9 Å². The first-order valence-corrected chi connectivity index (χ1v) is 10.2. The first-order chi connectivity index (χ1) is 14.3. The molecule has 3 aromatic heterocycles. The first-order valence-electron chi connectivity index (χ1n) is 10.2. The highest BCUT2D eigenvalue weighted by atomic mass is 15.2. The predicted molar refractivity (Wildman–Crippen MR) is 114 cm³/mol. The maximum Gasteiger partial charge on any atom is 0.145 e. The molecule has 144 valence electrons. The number of benzene rings is 1. The van der Waals surface area contributed by atoms with Crippen molar-refractivity contribution >= 4 is 22.5 Å². The molecule has 0 radical (unpaired) electrons. The molecule has 2 aliphatic rings. The van der Waals surface area contributed by atoms with Crippen molar-refractivity contribution in [2.24, 2.45) is 0 Å². The number of nitrogens with zero attached hydrogens (tertiary/aromatic N) is 4. The van der Waals surface area contributed by atoms with Crippen LogP contribution in [-0.2, 0) is 5.41 Å². The summed E-state index contributed by atoms with van der Waals surface area (Å²) in [5.74, 6) is 0.988. The van der Waals surface area contributed by atoms with Crippen LogP contribution in [0.2, 0.25) is 0 Å². The molecule has 0 bridgehead atoms. The van der Waals surface area contributed by atoms with E-state index in [0.717, 1.165) is 54.9 Å². The van der Waals surface area contributed by atoms with E-state index < -0.39 is 0 Å². The molecule has 6 heteroatoms. The van der Waals surface area contributed by atoms with Gasteiger partial charge in [0.15, 0.2) is 0 Å². The van der Waals surface area contributed by atoms with Crippen molar-refractivity contribution in [1.82, 2.24) is 25.3 Å². The van der Waals surface area contributed by atoms with E-state index >= 15 is 0 Å². The summed E-state index contributed by atoms with van der Waals surface area (Å²) in [6.07, 6.45) is 9.63. The van der Waals surface area contributed by atoms with Crippen molar-refractivity contribution in [3.05, 3.63) is 66.9 Å². The lowest BCUT2D eigenvalue weighted by Gasteiger charge is -2.35. The number of H-pyrrole nitrogens is 1. The summed E-state index contributed by atoms with van der Waals surface area (Å²) in [6, 6.07) is 13.0. The summed E-state index contributed by atoms with van der Waals surface area (Å²) in [7, 11) is 0. The van der Waals surface area contributed by atoms with Crippen LogP contribution in [0.25, 0.3) is 22.2 Å². The van der Waals surface area contributed by atoms with Crippen LogP contribution in [0.15, 0.2) is 61.3 Å². The molecule has 1 spiro atoms. The average Bonchev–Trinajstić information content (AvgIpc) is 3.38. The van der Waals surface area contributed by atoms with E-state index in [0.29, 0.717) is 0 Å². The number of hydrogen-bond acceptors (Lipinski definition) is 5. The van der Waals surface area contributed by atoms with E-state index in [1.165, 1.54) is 16.8 Å². The molecule has 0 unspecified atom stereocenters. The third-order valence-electron chi connectivity index (χ3n) is 6.46. The van der Waals surface area contributed by atoms with Crippen LogP contribution in [-0.4, -0.2) is 39.6 Å². The molecule has 6 rings (SSSR count). The van der Waals surface area contributed by atoms with Gasteiger partial charge in [0.2, 0.25) is 0 Å². The van der Waals surface area contributed by atoms with Gasteiger partial charge in [-0.3, -0.25) is 4.98 Å². The maximum atomic E-state index is 4.69. The predicted octanol–water partition coefficient (Wildman–Crippen LogP) is 3.79. The molecule has 0 saturated carbocycles. The molecule has 29 heavy (non-hydrogen) atoms. The topological polar surface area (TPSA) is 69.7 Å². The van der Waals surface area contributed by atoms with Crippen LogP contribution in [0.1, 0.15) is 18.4 Å². The molecule has 5 heterocycles. The number of anilines is 2. The fraction of sp³-hybridized carbons (Fsp3) is 0.261. The minimum absolute atomic E-state index is 0.145. The Morgan fingerprint density at radius 2 is 1.93 bits per heavy atom. The number of hydrogen-bond donors (Lipinski definition) is 2. The van der Waals surface area contributed by atoms with Crippen molar-refractivity contribution in [2.75, 3.05) is 24.5 Å². The third-order valence-corrected chi connectivity index (χ3v) is 6.46. The number of pyridine rings is 1. The van der Waals surface area contributed by atoms with Gasteiger partial charge in [-0.15, -0.1) is 0 Å². The molecule has 1 saturated heterocycles. The van der Waals surface area contributed by atoms with Gasteiger partial charge in [-0.1, -0.05) is 12.1 Å². The van der Waals surface area contributed by atoms with E-state index in [-0.39, 0.29) is 5.41 Å². The third kappa shape index (κ3) is 2.56.